The van der Waals surface area contributed by atoms with Crippen molar-refractivity contribution in [3.8, 4) is 11.3 Å². The van der Waals surface area contributed by atoms with Gasteiger partial charge in [-0.05, 0) is 38.3 Å². The van der Waals surface area contributed by atoms with E-state index in [0.29, 0.717) is 0 Å². The number of H-pyrrole nitrogens is 1. The van der Waals surface area contributed by atoms with Crippen LogP contribution >= 0.6 is 0 Å². The van der Waals surface area contributed by atoms with E-state index in [1.165, 1.54) is 5.56 Å². The first kappa shape index (κ1) is 13.0. The Kier molecular flexibility index (Phi) is 3.35. The summed E-state index contributed by atoms with van der Waals surface area (Å²) in [5, 5.41) is 0. The van der Waals surface area contributed by atoms with Crippen LogP contribution in [-0.4, -0.2) is 28.9 Å². The molecule has 3 heteroatoms. The molecule has 1 aliphatic rings. The van der Waals surface area contributed by atoms with Gasteiger partial charge in [-0.2, -0.15) is 0 Å². The number of nitrogens with one attached hydrogen (secondary N) is 1. The molecule has 0 atom stereocenters. The summed E-state index contributed by atoms with van der Waals surface area (Å²) in [5.74, 6) is 0.162. The van der Waals surface area contributed by atoms with Crippen molar-refractivity contribution in [1.82, 2.24) is 9.88 Å². The molecule has 1 aromatic carbocycles. The molecule has 2 aromatic rings. The van der Waals surface area contributed by atoms with Crippen LogP contribution in [0.1, 0.15) is 34.5 Å². The van der Waals surface area contributed by atoms with Crippen LogP contribution in [0.15, 0.2) is 30.3 Å². The Morgan fingerprint density at radius 3 is 2.40 bits per heavy atom. The van der Waals surface area contributed by atoms with E-state index < -0.39 is 0 Å². The second-order valence-electron chi connectivity index (χ2n) is 5.59. The van der Waals surface area contributed by atoms with Crippen LogP contribution in [-0.2, 0) is 0 Å². The van der Waals surface area contributed by atoms with Gasteiger partial charge in [0.1, 0.15) is 0 Å². The Morgan fingerprint density at radius 2 is 1.75 bits per heavy atom. The van der Waals surface area contributed by atoms with Gasteiger partial charge in [-0.25, -0.2) is 0 Å². The topological polar surface area (TPSA) is 36.1 Å². The molecule has 0 unspecified atom stereocenters. The summed E-state index contributed by atoms with van der Waals surface area (Å²) in [5.41, 5.74) is 5.15. The number of aryl methyl sites for hydroxylation is 2. The van der Waals surface area contributed by atoms with Crippen LogP contribution in [0.25, 0.3) is 11.3 Å². The first-order valence-corrected chi connectivity index (χ1v) is 7.21. The minimum Gasteiger partial charge on any atom is -0.358 e. The summed E-state index contributed by atoms with van der Waals surface area (Å²) in [7, 11) is 0. The van der Waals surface area contributed by atoms with Gasteiger partial charge in [0.2, 0.25) is 0 Å². The molecule has 1 aromatic heterocycles. The molecule has 1 saturated heterocycles. The number of hydrogen-bond acceptors (Lipinski definition) is 1. The zero-order chi connectivity index (χ0) is 14.1. The molecular weight excluding hydrogens is 248 g/mol. The molecule has 3 rings (SSSR count). The van der Waals surface area contributed by atoms with Crippen molar-refractivity contribution >= 4 is 5.91 Å². The van der Waals surface area contributed by atoms with Gasteiger partial charge < -0.3 is 9.88 Å². The molecule has 0 spiro atoms. The van der Waals surface area contributed by atoms with E-state index in [9.17, 15) is 4.79 Å². The zero-order valence-electron chi connectivity index (χ0n) is 12.1. The lowest BCUT2D eigenvalue weighted by Crippen LogP contribution is -2.27. The van der Waals surface area contributed by atoms with E-state index in [4.69, 9.17) is 0 Å². The number of nitrogens with zero attached hydrogens (tertiary/aromatic N) is 1. The molecule has 20 heavy (non-hydrogen) atoms. The SMILES string of the molecule is Cc1ccc(-c2cc(C(=O)N3CCCC3)c(C)[nH]2)cc1. The zero-order valence-corrected chi connectivity index (χ0v) is 12.1. The molecule has 0 bridgehead atoms. The van der Waals surface area contributed by atoms with Crippen molar-refractivity contribution in [2.45, 2.75) is 26.7 Å². The number of aromatic nitrogens is 1. The minimum absolute atomic E-state index is 0.162. The maximum absolute atomic E-state index is 12.5. The third kappa shape index (κ3) is 2.36. The van der Waals surface area contributed by atoms with E-state index in [2.05, 4.69) is 36.2 Å². The number of amides is 1. The molecule has 1 fully saturated rings. The summed E-state index contributed by atoms with van der Waals surface area (Å²) in [6.07, 6.45) is 2.25. The van der Waals surface area contributed by atoms with E-state index in [1.54, 1.807) is 0 Å². The Morgan fingerprint density at radius 1 is 1.10 bits per heavy atom. The van der Waals surface area contributed by atoms with Gasteiger partial charge in [-0.3, -0.25) is 4.79 Å². The Labute approximate surface area is 119 Å². The van der Waals surface area contributed by atoms with E-state index >= 15 is 0 Å². The van der Waals surface area contributed by atoms with Crippen molar-refractivity contribution in [3.63, 3.8) is 0 Å². The molecule has 0 aliphatic carbocycles. The fraction of sp³-hybridized carbons (Fsp3) is 0.353. The number of carbonyl (C=O) groups is 1. The number of hydrogen-bond donors (Lipinski definition) is 1. The quantitative estimate of drug-likeness (QED) is 0.888. The third-order valence-electron chi connectivity index (χ3n) is 4.00. The summed E-state index contributed by atoms with van der Waals surface area (Å²) in [6.45, 7) is 5.83. The smallest absolute Gasteiger partial charge is 0.255 e. The summed E-state index contributed by atoms with van der Waals surface area (Å²) in [6, 6.07) is 10.3. The Balaban J connectivity index is 1.90. The first-order valence-electron chi connectivity index (χ1n) is 7.21. The normalized spacial score (nSPS) is 14.8. The van der Waals surface area contributed by atoms with Crippen LogP contribution in [0.3, 0.4) is 0 Å². The predicted molar refractivity (Wildman–Crippen MR) is 80.8 cm³/mol. The molecule has 1 amide bonds. The monoisotopic (exact) mass is 268 g/mol. The van der Waals surface area contributed by atoms with Gasteiger partial charge in [0.05, 0.1) is 5.56 Å². The molecule has 3 nitrogen and oxygen atoms in total. The molecule has 1 aliphatic heterocycles. The van der Waals surface area contributed by atoms with Gasteiger partial charge in [0, 0.05) is 24.5 Å². The van der Waals surface area contributed by atoms with Crippen molar-refractivity contribution in [1.29, 1.82) is 0 Å². The number of likely N-dealkylation sites (tertiary alicyclic amines) is 1. The molecule has 2 heterocycles. The van der Waals surface area contributed by atoms with Gasteiger partial charge in [0.15, 0.2) is 0 Å². The van der Waals surface area contributed by atoms with Gasteiger partial charge in [-0.15, -0.1) is 0 Å². The lowest BCUT2D eigenvalue weighted by molar-refractivity contribution is 0.0792. The van der Waals surface area contributed by atoms with Crippen molar-refractivity contribution in [2.75, 3.05) is 13.1 Å². The van der Waals surface area contributed by atoms with Crippen LogP contribution < -0.4 is 0 Å². The van der Waals surface area contributed by atoms with E-state index in [0.717, 1.165) is 48.4 Å². The molecule has 1 N–H and O–H groups in total. The Hall–Kier alpha value is -2.03. The highest BCUT2D eigenvalue weighted by Gasteiger charge is 2.22. The number of benzene rings is 1. The highest BCUT2D eigenvalue weighted by Crippen LogP contribution is 2.24. The Bertz CT molecular complexity index is 619. The fourth-order valence-electron chi connectivity index (χ4n) is 2.76. The largest absolute Gasteiger partial charge is 0.358 e. The summed E-state index contributed by atoms with van der Waals surface area (Å²) in [4.78, 5) is 17.8. The predicted octanol–water partition coefficient (Wildman–Crippen LogP) is 3.53. The highest BCUT2D eigenvalue weighted by atomic mass is 16.2. The number of aromatic amines is 1. The average Bonchev–Trinajstić information content (AvgIpc) is 3.08. The highest BCUT2D eigenvalue weighted by molar-refractivity contribution is 5.97. The van der Waals surface area contributed by atoms with E-state index in [1.807, 2.05) is 17.9 Å². The van der Waals surface area contributed by atoms with Gasteiger partial charge in [0.25, 0.3) is 5.91 Å². The van der Waals surface area contributed by atoms with Crippen molar-refractivity contribution in [2.24, 2.45) is 0 Å². The van der Waals surface area contributed by atoms with Crippen LogP contribution in [0.2, 0.25) is 0 Å². The van der Waals surface area contributed by atoms with Crippen molar-refractivity contribution in [3.05, 3.63) is 47.2 Å². The second kappa shape index (κ2) is 5.16. The second-order valence-corrected chi connectivity index (χ2v) is 5.59. The van der Waals surface area contributed by atoms with Crippen molar-refractivity contribution < 1.29 is 4.79 Å². The van der Waals surface area contributed by atoms with Crippen LogP contribution in [0.4, 0.5) is 0 Å². The lowest BCUT2D eigenvalue weighted by atomic mass is 10.1. The van der Waals surface area contributed by atoms with Crippen LogP contribution in [0, 0.1) is 13.8 Å². The fourth-order valence-corrected chi connectivity index (χ4v) is 2.76. The standard InChI is InChI=1S/C17H20N2O/c1-12-5-7-14(8-6-12)16-11-15(13(2)18-16)17(20)19-9-3-4-10-19/h5-8,11,18H,3-4,9-10H2,1-2H3. The molecule has 104 valence electrons. The number of rotatable bonds is 2. The van der Waals surface area contributed by atoms with E-state index in [-0.39, 0.29) is 5.91 Å². The minimum atomic E-state index is 0.162. The van der Waals surface area contributed by atoms with Gasteiger partial charge >= 0.3 is 0 Å². The van der Waals surface area contributed by atoms with Gasteiger partial charge in [-0.1, -0.05) is 29.8 Å². The third-order valence-corrected chi connectivity index (χ3v) is 4.00. The lowest BCUT2D eigenvalue weighted by Gasteiger charge is -2.14. The summed E-state index contributed by atoms with van der Waals surface area (Å²) >= 11 is 0. The molecular formula is C17H20N2O. The maximum Gasteiger partial charge on any atom is 0.255 e. The maximum atomic E-state index is 12.5. The number of carbonyl (C=O) groups excluding carboxylic acids is 1. The van der Waals surface area contributed by atoms with Crippen LogP contribution in [0.5, 0.6) is 0 Å². The molecule has 0 radical (unpaired) electrons. The first-order chi connectivity index (χ1) is 9.65. The average molecular weight is 268 g/mol. The molecule has 0 saturated carbocycles. The summed E-state index contributed by atoms with van der Waals surface area (Å²) < 4.78 is 0.